The first-order valence-corrected chi connectivity index (χ1v) is 12.3. The van der Waals surface area contributed by atoms with Crippen molar-refractivity contribution in [1.82, 2.24) is 19.7 Å². The van der Waals surface area contributed by atoms with Gasteiger partial charge in [0.1, 0.15) is 11.5 Å². The summed E-state index contributed by atoms with van der Waals surface area (Å²) >= 11 is 2.81. The van der Waals surface area contributed by atoms with E-state index in [9.17, 15) is 4.79 Å². The molecule has 0 bridgehead atoms. The summed E-state index contributed by atoms with van der Waals surface area (Å²) in [7, 11) is 1.63. The number of methoxy groups -OCH3 is 1. The molecule has 1 aromatic carbocycles. The first-order valence-electron chi connectivity index (χ1n) is 10.5. The zero-order valence-electron chi connectivity index (χ0n) is 18.9. The number of nitrogens with one attached hydrogen (secondary N) is 1. The number of aromatic nitrogens is 4. The zero-order valence-corrected chi connectivity index (χ0v) is 20.6. The molecule has 2 aromatic heterocycles. The summed E-state index contributed by atoms with van der Waals surface area (Å²) in [6.07, 6.45) is 2.00. The van der Waals surface area contributed by atoms with Crippen LogP contribution >= 0.6 is 23.1 Å². The Hall–Kier alpha value is -2.59. The van der Waals surface area contributed by atoms with Crippen molar-refractivity contribution in [3.05, 3.63) is 41.7 Å². The third kappa shape index (κ3) is 6.23. The standard InChI is InChI=1S/C22H29N5O3S2/c1-6-18(20(28)24-21-23-10-11-31-21)32-22-26-25-19(27(22)13-14(2)3)15(4)30-17-9-7-8-16(12-17)29-5/h7-12,14-15,18H,6,13H2,1-5H3,(H,23,24,28). The fourth-order valence-corrected chi connectivity index (χ4v) is 4.58. The maximum absolute atomic E-state index is 12.8. The van der Waals surface area contributed by atoms with Crippen LogP contribution in [0, 0.1) is 5.92 Å². The van der Waals surface area contributed by atoms with Crippen molar-refractivity contribution in [2.24, 2.45) is 5.92 Å². The smallest absolute Gasteiger partial charge is 0.239 e. The number of nitrogens with zero attached hydrogens (tertiary/aromatic N) is 4. The van der Waals surface area contributed by atoms with E-state index in [1.807, 2.05) is 43.5 Å². The highest BCUT2D eigenvalue weighted by Crippen LogP contribution is 2.30. The number of hydrogen-bond acceptors (Lipinski definition) is 8. The fraction of sp³-hybridized carbons (Fsp3) is 0.455. The van der Waals surface area contributed by atoms with Gasteiger partial charge in [0.25, 0.3) is 0 Å². The minimum atomic E-state index is -0.327. The van der Waals surface area contributed by atoms with Crippen molar-refractivity contribution in [2.75, 3.05) is 12.4 Å². The Bertz CT molecular complexity index is 1010. The maximum atomic E-state index is 12.8. The normalized spacial score (nSPS) is 13.1. The molecule has 2 unspecified atom stereocenters. The Balaban J connectivity index is 1.79. The minimum absolute atomic E-state index is 0.0891. The van der Waals surface area contributed by atoms with E-state index in [4.69, 9.17) is 9.47 Å². The summed E-state index contributed by atoms with van der Waals surface area (Å²) in [6, 6.07) is 7.47. The topological polar surface area (TPSA) is 91.2 Å². The average molecular weight is 476 g/mol. The van der Waals surface area contributed by atoms with Gasteiger partial charge in [0, 0.05) is 24.2 Å². The van der Waals surface area contributed by atoms with E-state index in [-0.39, 0.29) is 17.3 Å². The largest absolute Gasteiger partial charge is 0.497 e. The number of carbonyl (C=O) groups excluding carboxylic acids is 1. The molecule has 0 fully saturated rings. The molecule has 1 amide bonds. The van der Waals surface area contributed by atoms with Gasteiger partial charge in [0.2, 0.25) is 5.91 Å². The second kappa shape index (κ2) is 11.3. The lowest BCUT2D eigenvalue weighted by molar-refractivity contribution is -0.115. The Labute approximate surface area is 196 Å². The monoisotopic (exact) mass is 475 g/mol. The molecule has 2 atom stereocenters. The van der Waals surface area contributed by atoms with Gasteiger partial charge in [-0.05, 0) is 31.4 Å². The Morgan fingerprint density at radius 1 is 1.25 bits per heavy atom. The van der Waals surface area contributed by atoms with Crippen LogP contribution in [0.25, 0.3) is 0 Å². The van der Waals surface area contributed by atoms with Crippen molar-refractivity contribution < 1.29 is 14.3 Å². The van der Waals surface area contributed by atoms with E-state index in [1.165, 1.54) is 23.1 Å². The summed E-state index contributed by atoms with van der Waals surface area (Å²) in [4.78, 5) is 16.9. The molecular formula is C22H29N5O3S2. The van der Waals surface area contributed by atoms with Crippen molar-refractivity contribution in [2.45, 2.75) is 57.2 Å². The van der Waals surface area contributed by atoms with Crippen molar-refractivity contribution in [3.63, 3.8) is 0 Å². The molecule has 8 nitrogen and oxygen atoms in total. The first-order chi connectivity index (χ1) is 15.4. The maximum Gasteiger partial charge on any atom is 0.239 e. The number of thiazole rings is 1. The van der Waals surface area contributed by atoms with E-state index in [0.717, 1.165) is 18.1 Å². The van der Waals surface area contributed by atoms with Gasteiger partial charge in [-0.3, -0.25) is 4.79 Å². The fourth-order valence-electron chi connectivity index (χ4n) is 3.08. The van der Waals surface area contributed by atoms with E-state index < -0.39 is 0 Å². The number of rotatable bonds is 11. The lowest BCUT2D eigenvalue weighted by Gasteiger charge is -2.19. The van der Waals surface area contributed by atoms with E-state index in [1.54, 1.807) is 13.3 Å². The number of benzene rings is 1. The zero-order chi connectivity index (χ0) is 23.1. The van der Waals surface area contributed by atoms with Crippen LogP contribution in [0.5, 0.6) is 11.5 Å². The van der Waals surface area contributed by atoms with Gasteiger partial charge < -0.3 is 19.4 Å². The van der Waals surface area contributed by atoms with Gasteiger partial charge in [-0.2, -0.15) is 0 Å². The van der Waals surface area contributed by atoms with Crippen LogP contribution in [0.15, 0.2) is 41.0 Å². The van der Waals surface area contributed by atoms with Gasteiger partial charge in [-0.1, -0.05) is 38.6 Å². The van der Waals surface area contributed by atoms with Crippen molar-refractivity contribution >= 4 is 34.1 Å². The summed E-state index contributed by atoms with van der Waals surface area (Å²) < 4.78 is 13.5. The SMILES string of the molecule is CCC(Sc1nnc(C(C)Oc2cccc(OC)c2)n1CC(C)C)C(=O)Nc1nccs1. The van der Waals surface area contributed by atoms with E-state index in [2.05, 4.69) is 38.9 Å². The number of thioether (sulfide) groups is 1. The summed E-state index contributed by atoms with van der Waals surface area (Å²) in [5, 5.41) is 14.5. The van der Waals surface area contributed by atoms with Crippen molar-refractivity contribution in [3.8, 4) is 11.5 Å². The quantitative estimate of drug-likeness (QED) is 0.388. The van der Waals surface area contributed by atoms with Crippen LogP contribution in [-0.4, -0.2) is 38.0 Å². The lowest BCUT2D eigenvalue weighted by Crippen LogP contribution is -2.25. The predicted octanol–water partition coefficient (Wildman–Crippen LogP) is 5.05. The molecule has 0 saturated carbocycles. The Morgan fingerprint density at radius 2 is 2.03 bits per heavy atom. The van der Waals surface area contributed by atoms with Crippen LogP contribution in [0.3, 0.4) is 0 Å². The highest BCUT2D eigenvalue weighted by molar-refractivity contribution is 8.00. The van der Waals surface area contributed by atoms with Crippen LogP contribution in [0.1, 0.15) is 46.0 Å². The number of ether oxygens (including phenoxy) is 2. The number of carbonyl (C=O) groups is 1. The van der Waals surface area contributed by atoms with E-state index in [0.29, 0.717) is 28.4 Å². The molecule has 0 aliphatic carbocycles. The molecular weight excluding hydrogens is 446 g/mol. The molecule has 3 rings (SSSR count). The van der Waals surface area contributed by atoms with Gasteiger partial charge in [0.05, 0.1) is 12.4 Å². The average Bonchev–Trinajstić information content (AvgIpc) is 3.41. The molecule has 10 heteroatoms. The van der Waals surface area contributed by atoms with Crippen LogP contribution in [0.4, 0.5) is 5.13 Å². The van der Waals surface area contributed by atoms with Crippen LogP contribution in [-0.2, 0) is 11.3 Å². The lowest BCUT2D eigenvalue weighted by atomic mass is 10.2. The van der Waals surface area contributed by atoms with Gasteiger partial charge in [-0.15, -0.1) is 21.5 Å². The first kappa shape index (κ1) is 24.1. The molecule has 172 valence electrons. The predicted molar refractivity (Wildman–Crippen MR) is 128 cm³/mol. The van der Waals surface area contributed by atoms with Crippen molar-refractivity contribution in [1.29, 1.82) is 0 Å². The molecule has 0 radical (unpaired) electrons. The third-order valence-electron chi connectivity index (χ3n) is 4.58. The number of amides is 1. The molecule has 0 spiro atoms. The Morgan fingerprint density at radius 3 is 2.69 bits per heavy atom. The molecule has 3 aromatic rings. The molecule has 32 heavy (non-hydrogen) atoms. The second-order valence-corrected chi connectivity index (χ2v) is 9.69. The van der Waals surface area contributed by atoms with E-state index >= 15 is 0 Å². The molecule has 0 aliphatic heterocycles. The van der Waals surface area contributed by atoms with Gasteiger partial charge in [-0.25, -0.2) is 4.98 Å². The van der Waals surface area contributed by atoms with Gasteiger partial charge >= 0.3 is 0 Å². The highest BCUT2D eigenvalue weighted by Gasteiger charge is 2.26. The second-order valence-electron chi connectivity index (χ2n) is 7.63. The highest BCUT2D eigenvalue weighted by atomic mass is 32.2. The summed E-state index contributed by atoms with van der Waals surface area (Å²) in [5.41, 5.74) is 0. The van der Waals surface area contributed by atoms with Gasteiger partial charge in [0.15, 0.2) is 22.2 Å². The third-order valence-corrected chi connectivity index (χ3v) is 6.62. The molecule has 2 heterocycles. The molecule has 0 aliphatic rings. The molecule has 1 N–H and O–H groups in total. The van der Waals surface area contributed by atoms with Crippen LogP contribution < -0.4 is 14.8 Å². The summed E-state index contributed by atoms with van der Waals surface area (Å²) in [5.74, 6) is 2.43. The minimum Gasteiger partial charge on any atom is -0.497 e. The summed E-state index contributed by atoms with van der Waals surface area (Å²) in [6.45, 7) is 8.93. The van der Waals surface area contributed by atoms with Crippen LogP contribution in [0.2, 0.25) is 0 Å². The Kier molecular flexibility index (Phi) is 8.52. The molecule has 0 saturated heterocycles. The number of anilines is 1. The number of hydrogen-bond donors (Lipinski definition) is 1.